The summed E-state index contributed by atoms with van der Waals surface area (Å²) < 4.78 is 0. The maximum Gasteiger partial charge on any atom is 0.230 e. The van der Waals surface area contributed by atoms with Gasteiger partial charge in [-0.3, -0.25) is 14.9 Å². The number of rotatable bonds is 6. The van der Waals surface area contributed by atoms with Gasteiger partial charge in [-0.05, 0) is 25.0 Å². The van der Waals surface area contributed by atoms with E-state index in [0.717, 1.165) is 5.56 Å². The smallest absolute Gasteiger partial charge is 0.230 e. The van der Waals surface area contributed by atoms with Crippen LogP contribution >= 0.6 is 11.8 Å². The molecule has 0 bridgehead atoms. The van der Waals surface area contributed by atoms with E-state index in [0.29, 0.717) is 22.7 Å². The van der Waals surface area contributed by atoms with Crippen LogP contribution in [0.3, 0.4) is 0 Å². The Kier molecular flexibility index (Phi) is 5.32. The van der Waals surface area contributed by atoms with E-state index in [1.807, 2.05) is 19.1 Å². The highest BCUT2D eigenvalue weighted by Crippen LogP contribution is 2.18. The Labute approximate surface area is 128 Å². The highest BCUT2D eigenvalue weighted by Gasteiger charge is 2.12. The van der Waals surface area contributed by atoms with Gasteiger partial charge in [0.05, 0.1) is 5.75 Å². The molecule has 0 saturated carbocycles. The molecule has 112 valence electrons. The van der Waals surface area contributed by atoms with Crippen molar-refractivity contribution in [3.05, 3.63) is 24.5 Å². The monoisotopic (exact) mass is 305 g/mol. The number of nitrogens with one attached hydrogen (secondary N) is 2. The molecule has 0 aliphatic heterocycles. The van der Waals surface area contributed by atoms with Crippen molar-refractivity contribution in [1.29, 1.82) is 0 Å². The second-order valence-electron chi connectivity index (χ2n) is 5.09. The van der Waals surface area contributed by atoms with Crippen LogP contribution in [0, 0.1) is 5.92 Å². The van der Waals surface area contributed by atoms with E-state index in [1.54, 1.807) is 12.4 Å². The summed E-state index contributed by atoms with van der Waals surface area (Å²) in [5, 5.41) is 10.5. The number of aromatic amines is 1. The van der Waals surface area contributed by atoms with E-state index < -0.39 is 0 Å². The summed E-state index contributed by atoms with van der Waals surface area (Å²) in [5.41, 5.74) is 0.919. The van der Waals surface area contributed by atoms with Gasteiger partial charge in [-0.1, -0.05) is 25.6 Å². The number of hydrogen-bond acceptors (Lipinski definition) is 5. The first-order chi connectivity index (χ1) is 10.1. The lowest BCUT2D eigenvalue weighted by Crippen LogP contribution is -2.37. The number of thioether (sulfide) groups is 1. The van der Waals surface area contributed by atoms with Crippen molar-refractivity contribution in [2.75, 3.05) is 5.75 Å². The van der Waals surface area contributed by atoms with Crippen LogP contribution in [0.5, 0.6) is 0 Å². The summed E-state index contributed by atoms with van der Waals surface area (Å²) >= 11 is 1.32. The van der Waals surface area contributed by atoms with Gasteiger partial charge >= 0.3 is 0 Å². The lowest BCUT2D eigenvalue weighted by atomic mass is 10.1. The molecule has 1 amide bonds. The number of H-pyrrole nitrogens is 1. The molecule has 0 saturated heterocycles. The van der Waals surface area contributed by atoms with Crippen molar-refractivity contribution < 1.29 is 4.79 Å². The van der Waals surface area contributed by atoms with Crippen LogP contribution in [-0.2, 0) is 4.79 Å². The Bertz CT molecular complexity index is 584. The molecular weight excluding hydrogens is 286 g/mol. The van der Waals surface area contributed by atoms with Crippen molar-refractivity contribution >= 4 is 17.7 Å². The summed E-state index contributed by atoms with van der Waals surface area (Å²) in [4.78, 5) is 20.1. The summed E-state index contributed by atoms with van der Waals surface area (Å²) in [7, 11) is 0. The number of aromatic nitrogens is 4. The Morgan fingerprint density at radius 1 is 1.33 bits per heavy atom. The van der Waals surface area contributed by atoms with Crippen LogP contribution in [0.4, 0.5) is 0 Å². The minimum absolute atomic E-state index is 0.00328. The molecule has 2 aromatic rings. The lowest BCUT2D eigenvalue weighted by Gasteiger charge is -2.16. The highest BCUT2D eigenvalue weighted by atomic mass is 32.2. The van der Waals surface area contributed by atoms with Crippen LogP contribution in [0.2, 0.25) is 0 Å². The predicted octanol–water partition coefficient (Wildman–Crippen LogP) is 2.12. The molecule has 6 nitrogen and oxygen atoms in total. The zero-order chi connectivity index (χ0) is 15.2. The number of pyridine rings is 1. The van der Waals surface area contributed by atoms with Gasteiger partial charge in [-0.2, -0.15) is 0 Å². The first-order valence-corrected chi connectivity index (χ1v) is 7.79. The largest absolute Gasteiger partial charge is 0.353 e. The van der Waals surface area contributed by atoms with Gasteiger partial charge in [-0.15, -0.1) is 5.10 Å². The number of nitrogens with zero attached hydrogens (tertiary/aromatic N) is 3. The van der Waals surface area contributed by atoms with Crippen LogP contribution in [-0.4, -0.2) is 37.9 Å². The molecule has 0 aromatic carbocycles. The zero-order valence-electron chi connectivity index (χ0n) is 12.3. The molecule has 0 radical (unpaired) electrons. The van der Waals surface area contributed by atoms with Crippen LogP contribution in [0.15, 0.2) is 29.7 Å². The van der Waals surface area contributed by atoms with Gasteiger partial charge in [-0.25, -0.2) is 4.98 Å². The molecule has 2 heterocycles. The Morgan fingerprint density at radius 3 is 2.71 bits per heavy atom. The normalized spacial score (nSPS) is 12.4. The van der Waals surface area contributed by atoms with Crippen LogP contribution < -0.4 is 5.32 Å². The molecule has 0 unspecified atom stereocenters. The molecule has 0 fully saturated rings. The molecule has 0 spiro atoms. The van der Waals surface area contributed by atoms with E-state index >= 15 is 0 Å². The lowest BCUT2D eigenvalue weighted by molar-refractivity contribution is -0.119. The fourth-order valence-electron chi connectivity index (χ4n) is 1.54. The quantitative estimate of drug-likeness (QED) is 0.799. The Morgan fingerprint density at radius 2 is 2.05 bits per heavy atom. The van der Waals surface area contributed by atoms with Gasteiger partial charge in [0.1, 0.15) is 0 Å². The standard InChI is InChI=1S/C14H19N5OS/c1-9(2)10(3)16-12(20)8-21-14-17-13(18-19-14)11-4-6-15-7-5-11/h4-7,9-10H,8H2,1-3H3,(H,16,20)(H,17,18,19)/t10-/m1/s1. The highest BCUT2D eigenvalue weighted by molar-refractivity contribution is 7.99. The van der Waals surface area contributed by atoms with Crippen LogP contribution in [0.25, 0.3) is 11.4 Å². The van der Waals surface area contributed by atoms with Crippen molar-refractivity contribution in [1.82, 2.24) is 25.5 Å². The fourth-order valence-corrected chi connectivity index (χ4v) is 2.15. The molecule has 2 rings (SSSR count). The van der Waals surface area contributed by atoms with E-state index in [9.17, 15) is 4.79 Å². The molecule has 2 aromatic heterocycles. The van der Waals surface area contributed by atoms with E-state index in [2.05, 4.69) is 39.3 Å². The first kappa shape index (κ1) is 15.5. The second-order valence-corrected chi connectivity index (χ2v) is 6.03. The van der Waals surface area contributed by atoms with Gasteiger partial charge in [0.25, 0.3) is 0 Å². The third-order valence-corrected chi connectivity index (χ3v) is 3.99. The maximum atomic E-state index is 11.8. The van der Waals surface area contributed by atoms with Gasteiger partial charge in [0.15, 0.2) is 5.82 Å². The third kappa shape index (κ3) is 4.56. The zero-order valence-corrected chi connectivity index (χ0v) is 13.1. The summed E-state index contributed by atoms with van der Waals surface area (Å²) in [6.45, 7) is 6.16. The van der Waals surface area contributed by atoms with Gasteiger partial charge in [0, 0.05) is 24.0 Å². The van der Waals surface area contributed by atoms with E-state index in [4.69, 9.17) is 0 Å². The second kappa shape index (κ2) is 7.21. The molecule has 2 N–H and O–H groups in total. The topological polar surface area (TPSA) is 83.6 Å². The number of hydrogen-bond donors (Lipinski definition) is 2. The van der Waals surface area contributed by atoms with Crippen LogP contribution in [0.1, 0.15) is 20.8 Å². The van der Waals surface area contributed by atoms with Crippen molar-refractivity contribution in [2.24, 2.45) is 5.92 Å². The summed E-state index contributed by atoms with van der Waals surface area (Å²) in [6.07, 6.45) is 3.40. The SMILES string of the molecule is CC(C)[C@@H](C)NC(=O)CSc1n[nH]c(-c2ccncc2)n1. The first-order valence-electron chi connectivity index (χ1n) is 6.81. The number of carbonyl (C=O) groups excluding carboxylic acids is 1. The van der Waals surface area contributed by atoms with Crippen molar-refractivity contribution in [3.63, 3.8) is 0 Å². The van der Waals surface area contributed by atoms with Crippen molar-refractivity contribution in [2.45, 2.75) is 32.0 Å². The van der Waals surface area contributed by atoms with Gasteiger partial charge < -0.3 is 5.32 Å². The van der Waals surface area contributed by atoms with Crippen molar-refractivity contribution in [3.8, 4) is 11.4 Å². The number of amides is 1. The van der Waals surface area contributed by atoms with E-state index in [-0.39, 0.29) is 11.9 Å². The fraction of sp³-hybridized carbons (Fsp3) is 0.429. The van der Waals surface area contributed by atoms with Gasteiger partial charge in [0.2, 0.25) is 11.1 Å². The Balaban J connectivity index is 1.87. The number of carbonyl (C=O) groups is 1. The molecule has 21 heavy (non-hydrogen) atoms. The molecular formula is C14H19N5OS. The third-order valence-electron chi connectivity index (χ3n) is 3.14. The average Bonchev–Trinajstić information content (AvgIpc) is 2.95. The Hall–Kier alpha value is -1.89. The molecule has 7 heteroatoms. The minimum Gasteiger partial charge on any atom is -0.353 e. The summed E-state index contributed by atoms with van der Waals surface area (Å²) in [6, 6.07) is 3.87. The summed E-state index contributed by atoms with van der Waals surface area (Å²) in [5.74, 6) is 1.40. The predicted molar refractivity (Wildman–Crippen MR) is 82.8 cm³/mol. The average molecular weight is 305 g/mol. The maximum absolute atomic E-state index is 11.8. The van der Waals surface area contributed by atoms with E-state index in [1.165, 1.54) is 11.8 Å². The molecule has 0 aliphatic carbocycles. The minimum atomic E-state index is -0.00328. The molecule has 1 atom stereocenters. The molecule has 0 aliphatic rings.